The van der Waals surface area contributed by atoms with Crippen molar-refractivity contribution in [3.8, 4) is 16.9 Å². The lowest BCUT2D eigenvalue weighted by Gasteiger charge is -2.16. The molecule has 0 atom stereocenters. The lowest BCUT2D eigenvalue weighted by molar-refractivity contribution is 0.0602. The van der Waals surface area contributed by atoms with E-state index < -0.39 is 16.0 Å². The molecule has 0 heterocycles. The third-order valence-electron chi connectivity index (χ3n) is 7.16. The third kappa shape index (κ3) is 5.42. The molecular weight excluding hydrogens is 546 g/mol. The van der Waals surface area contributed by atoms with Gasteiger partial charge in [0, 0.05) is 5.39 Å². The van der Waals surface area contributed by atoms with E-state index in [9.17, 15) is 13.2 Å². The van der Waals surface area contributed by atoms with Crippen LogP contribution in [0.3, 0.4) is 0 Å². The number of rotatable bonds is 8. The molecule has 0 bridgehead atoms. The first kappa shape index (κ1) is 27.1. The Balaban J connectivity index is 1.32. The first-order valence-corrected chi connectivity index (χ1v) is 14.8. The van der Waals surface area contributed by atoms with Gasteiger partial charge in [0.15, 0.2) is 0 Å². The summed E-state index contributed by atoms with van der Waals surface area (Å²) >= 11 is 0. The Kier molecular flexibility index (Phi) is 7.33. The quantitative estimate of drug-likeness (QED) is 0.188. The molecule has 0 radical (unpaired) electrons. The number of methoxy groups -OCH3 is 1. The van der Waals surface area contributed by atoms with E-state index in [0.29, 0.717) is 6.61 Å². The van der Waals surface area contributed by atoms with Crippen LogP contribution in [0.5, 0.6) is 5.75 Å². The minimum atomic E-state index is -3.99. The summed E-state index contributed by atoms with van der Waals surface area (Å²) in [5, 5.41) is 3.84. The zero-order chi connectivity index (χ0) is 29.1. The van der Waals surface area contributed by atoms with Crippen LogP contribution in [0.2, 0.25) is 0 Å². The summed E-state index contributed by atoms with van der Waals surface area (Å²) in [7, 11) is -2.72. The highest BCUT2D eigenvalue weighted by molar-refractivity contribution is 7.92. The molecule has 208 valence electrons. The number of sulfonamides is 1. The monoisotopic (exact) mass is 573 g/mol. The molecule has 42 heavy (non-hydrogen) atoms. The molecule has 6 nitrogen and oxygen atoms in total. The van der Waals surface area contributed by atoms with Gasteiger partial charge in [0.2, 0.25) is 0 Å². The summed E-state index contributed by atoms with van der Waals surface area (Å²) in [5.74, 6) is 0.120. The van der Waals surface area contributed by atoms with Crippen molar-refractivity contribution >= 4 is 43.2 Å². The van der Waals surface area contributed by atoms with Crippen molar-refractivity contribution in [2.75, 3.05) is 11.8 Å². The molecule has 6 aromatic carbocycles. The van der Waals surface area contributed by atoms with Gasteiger partial charge in [0.1, 0.15) is 12.4 Å². The molecule has 6 rings (SSSR count). The molecule has 0 aliphatic rings. The normalized spacial score (nSPS) is 11.4. The van der Waals surface area contributed by atoms with Crippen molar-refractivity contribution in [2.24, 2.45) is 0 Å². The van der Waals surface area contributed by atoms with E-state index in [1.54, 1.807) is 36.4 Å². The molecule has 0 unspecified atom stereocenters. The van der Waals surface area contributed by atoms with E-state index >= 15 is 0 Å². The molecule has 0 fully saturated rings. The summed E-state index contributed by atoms with van der Waals surface area (Å²) in [6.07, 6.45) is 0. The number of nitrogens with one attached hydrogen (secondary N) is 1. The first-order chi connectivity index (χ1) is 20.4. The predicted octanol–water partition coefficient (Wildman–Crippen LogP) is 7.83. The zero-order valence-electron chi connectivity index (χ0n) is 22.8. The Hall–Kier alpha value is -5.14. The number of fused-ring (bicyclic) bond motifs is 2. The number of anilines is 1. The molecule has 0 aliphatic heterocycles. The standard InChI is InChI=1S/C35H27NO5S/c1-40-35(37)32-22-27(18-20-33(32)36-42(38,39)29-19-17-24-9-2-3-11-26(24)21-29)30-14-6-5-12-28(30)23-41-34-16-8-13-25-10-4-7-15-31(25)34/h2-22,36H,23H2,1H3. The van der Waals surface area contributed by atoms with Crippen LogP contribution < -0.4 is 9.46 Å². The first-order valence-electron chi connectivity index (χ1n) is 13.4. The molecule has 0 amide bonds. The molecule has 7 heteroatoms. The van der Waals surface area contributed by atoms with Gasteiger partial charge in [-0.15, -0.1) is 0 Å². The summed E-state index contributed by atoms with van der Waals surface area (Å²) in [6.45, 7) is 0.300. The Morgan fingerprint density at radius 3 is 2.26 bits per heavy atom. The molecule has 0 saturated carbocycles. The Bertz CT molecular complexity index is 2050. The van der Waals surface area contributed by atoms with Crippen LogP contribution in [0.4, 0.5) is 5.69 Å². The number of ether oxygens (including phenoxy) is 2. The van der Waals surface area contributed by atoms with Crippen LogP contribution >= 0.6 is 0 Å². The number of esters is 1. The van der Waals surface area contributed by atoms with Crippen molar-refractivity contribution in [1.29, 1.82) is 0 Å². The highest BCUT2D eigenvalue weighted by Crippen LogP contribution is 2.32. The Morgan fingerprint density at radius 1 is 0.714 bits per heavy atom. The number of carbonyl (C=O) groups is 1. The molecular formula is C35H27NO5S. The predicted molar refractivity (Wildman–Crippen MR) is 166 cm³/mol. The van der Waals surface area contributed by atoms with Crippen LogP contribution in [0.1, 0.15) is 15.9 Å². The van der Waals surface area contributed by atoms with E-state index in [-0.39, 0.29) is 16.1 Å². The van der Waals surface area contributed by atoms with Crippen LogP contribution in [0, 0.1) is 0 Å². The number of hydrogen-bond acceptors (Lipinski definition) is 5. The minimum Gasteiger partial charge on any atom is -0.488 e. The van der Waals surface area contributed by atoms with Crippen LogP contribution in [-0.4, -0.2) is 21.5 Å². The maximum Gasteiger partial charge on any atom is 0.340 e. The van der Waals surface area contributed by atoms with E-state index in [1.807, 2.05) is 91.0 Å². The van der Waals surface area contributed by atoms with Gasteiger partial charge >= 0.3 is 5.97 Å². The minimum absolute atomic E-state index is 0.0945. The smallest absolute Gasteiger partial charge is 0.340 e. The van der Waals surface area contributed by atoms with Crippen molar-refractivity contribution in [3.05, 3.63) is 139 Å². The molecule has 0 saturated heterocycles. The molecule has 0 aliphatic carbocycles. The zero-order valence-corrected chi connectivity index (χ0v) is 23.6. The van der Waals surface area contributed by atoms with Gasteiger partial charge in [-0.3, -0.25) is 4.72 Å². The van der Waals surface area contributed by atoms with Crippen molar-refractivity contribution in [1.82, 2.24) is 0 Å². The second-order valence-corrected chi connectivity index (χ2v) is 11.5. The lowest BCUT2D eigenvalue weighted by Crippen LogP contribution is -2.16. The van der Waals surface area contributed by atoms with Crippen LogP contribution in [0.15, 0.2) is 132 Å². The van der Waals surface area contributed by atoms with Crippen molar-refractivity contribution in [2.45, 2.75) is 11.5 Å². The summed E-state index contributed by atoms with van der Waals surface area (Å²) in [4.78, 5) is 12.9. The second kappa shape index (κ2) is 11.4. The maximum absolute atomic E-state index is 13.4. The van der Waals surface area contributed by atoms with Gasteiger partial charge < -0.3 is 9.47 Å². The average Bonchev–Trinajstić information content (AvgIpc) is 3.03. The van der Waals surface area contributed by atoms with E-state index in [2.05, 4.69) is 4.72 Å². The Labute approximate surface area is 244 Å². The summed E-state index contributed by atoms with van der Waals surface area (Å²) in [6, 6.07) is 39.2. The molecule has 6 aromatic rings. The summed E-state index contributed by atoms with van der Waals surface area (Å²) in [5.41, 5.74) is 2.71. The average molecular weight is 574 g/mol. The summed E-state index contributed by atoms with van der Waals surface area (Å²) < 4.78 is 40.6. The van der Waals surface area contributed by atoms with Gasteiger partial charge in [0.25, 0.3) is 10.0 Å². The van der Waals surface area contributed by atoms with Crippen molar-refractivity contribution < 1.29 is 22.7 Å². The number of hydrogen-bond donors (Lipinski definition) is 1. The van der Waals surface area contributed by atoms with Gasteiger partial charge in [-0.1, -0.05) is 97.1 Å². The van der Waals surface area contributed by atoms with Gasteiger partial charge in [-0.2, -0.15) is 0 Å². The second-order valence-electron chi connectivity index (χ2n) is 9.79. The largest absolute Gasteiger partial charge is 0.488 e. The molecule has 1 N–H and O–H groups in total. The van der Waals surface area contributed by atoms with E-state index in [0.717, 1.165) is 44.0 Å². The number of benzene rings is 6. The Morgan fingerprint density at radius 2 is 1.43 bits per heavy atom. The van der Waals surface area contributed by atoms with E-state index in [4.69, 9.17) is 9.47 Å². The highest BCUT2D eigenvalue weighted by Gasteiger charge is 2.21. The number of carbonyl (C=O) groups excluding carboxylic acids is 1. The van der Waals surface area contributed by atoms with Crippen LogP contribution in [-0.2, 0) is 21.4 Å². The van der Waals surface area contributed by atoms with Gasteiger partial charge in [-0.05, 0) is 63.2 Å². The topological polar surface area (TPSA) is 81.7 Å². The fourth-order valence-electron chi connectivity index (χ4n) is 5.02. The van der Waals surface area contributed by atoms with Gasteiger partial charge in [-0.25, -0.2) is 13.2 Å². The fourth-order valence-corrected chi connectivity index (χ4v) is 6.14. The van der Waals surface area contributed by atoms with Crippen molar-refractivity contribution in [3.63, 3.8) is 0 Å². The lowest BCUT2D eigenvalue weighted by atomic mass is 9.97. The maximum atomic E-state index is 13.4. The van der Waals surface area contributed by atoms with E-state index in [1.165, 1.54) is 7.11 Å². The SMILES string of the molecule is COC(=O)c1cc(-c2ccccc2COc2cccc3ccccc23)ccc1NS(=O)(=O)c1ccc2ccccc2c1. The highest BCUT2D eigenvalue weighted by atomic mass is 32.2. The van der Waals surface area contributed by atoms with Gasteiger partial charge in [0.05, 0.1) is 23.3 Å². The molecule has 0 aromatic heterocycles. The fraction of sp³-hybridized carbons (Fsp3) is 0.0571. The van der Waals surface area contributed by atoms with Crippen LogP contribution in [0.25, 0.3) is 32.7 Å². The third-order valence-corrected chi connectivity index (χ3v) is 8.52. The molecule has 0 spiro atoms.